The van der Waals surface area contributed by atoms with E-state index in [-0.39, 0.29) is 5.97 Å². The van der Waals surface area contributed by atoms with Gasteiger partial charge in [0.05, 0.1) is 23.4 Å². The molecule has 2 aliphatic rings. The summed E-state index contributed by atoms with van der Waals surface area (Å²) in [7, 11) is 1.39. The van der Waals surface area contributed by atoms with Crippen LogP contribution in [0.1, 0.15) is 36.5 Å². The van der Waals surface area contributed by atoms with Crippen LogP contribution in [0.5, 0.6) is 0 Å². The summed E-state index contributed by atoms with van der Waals surface area (Å²) in [6, 6.07) is 6.98. The highest BCUT2D eigenvalue weighted by atomic mass is 35.5. The van der Waals surface area contributed by atoms with Crippen molar-refractivity contribution < 1.29 is 9.53 Å². The van der Waals surface area contributed by atoms with Crippen molar-refractivity contribution in [3.05, 3.63) is 28.8 Å². The number of nitrogens with zero attached hydrogens (tertiary/aromatic N) is 1. The quantitative estimate of drug-likeness (QED) is 0.868. The fourth-order valence-corrected chi connectivity index (χ4v) is 3.35. The maximum absolute atomic E-state index is 11.6. The molecule has 1 aromatic rings. The highest BCUT2D eigenvalue weighted by Gasteiger charge is 2.38. The molecule has 2 fully saturated rings. The summed E-state index contributed by atoms with van der Waals surface area (Å²) in [5.41, 5.74) is 1.34. The SMILES string of the molecule is COC(=O)c1ccc(Cl)c(NC2CC(C)N(C3CC3)C2)c1. The average molecular weight is 309 g/mol. The molecule has 0 amide bonds. The monoisotopic (exact) mass is 308 g/mol. The van der Waals surface area contributed by atoms with Crippen LogP contribution in [0.25, 0.3) is 0 Å². The molecule has 21 heavy (non-hydrogen) atoms. The number of halogens is 1. The van der Waals surface area contributed by atoms with Crippen molar-refractivity contribution in [2.24, 2.45) is 0 Å². The first kappa shape index (κ1) is 14.7. The zero-order valence-electron chi connectivity index (χ0n) is 12.4. The number of likely N-dealkylation sites (tertiary alicyclic amines) is 1. The van der Waals surface area contributed by atoms with Gasteiger partial charge in [0.15, 0.2) is 0 Å². The van der Waals surface area contributed by atoms with E-state index in [1.165, 1.54) is 20.0 Å². The Morgan fingerprint density at radius 3 is 2.86 bits per heavy atom. The highest BCUT2D eigenvalue weighted by molar-refractivity contribution is 6.33. The Hall–Kier alpha value is -1.26. The van der Waals surface area contributed by atoms with Crippen molar-refractivity contribution in [1.82, 2.24) is 4.90 Å². The topological polar surface area (TPSA) is 41.6 Å². The number of nitrogens with one attached hydrogen (secondary N) is 1. The number of carbonyl (C=O) groups excluding carboxylic acids is 1. The van der Waals surface area contributed by atoms with Crippen LogP contribution in [0.15, 0.2) is 18.2 Å². The normalized spacial score (nSPS) is 25.9. The van der Waals surface area contributed by atoms with Gasteiger partial charge in [-0.15, -0.1) is 0 Å². The van der Waals surface area contributed by atoms with Gasteiger partial charge in [0.1, 0.15) is 0 Å². The van der Waals surface area contributed by atoms with E-state index in [2.05, 4.69) is 17.1 Å². The number of carbonyl (C=O) groups is 1. The third-order valence-electron chi connectivity index (χ3n) is 4.39. The average Bonchev–Trinajstić information content (AvgIpc) is 3.25. The maximum Gasteiger partial charge on any atom is 0.337 e. The fraction of sp³-hybridized carbons (Fsp3) is 0.562. The van der Waals surface area contributed by atoms with E-state index in [1.807, 2.05) is 0 Å². The highest BCUT2D eigenvalue weighted by Crippen LogP contribution is 2.35. The summed E-state index contributed by atoms with van der Waals surface area (Å²) in [4.78, 5) is 14.2. The van der Waals surface area contributed by atoms with Gasteiger partial charge in [-0.1, -0.05) is 11.6 Å². The minimum Gasteiger partial charge on any atom is -0.465 e. The molecular formula is C16H21ClN2O2. The first-order valence-corrected chi connectivity index (χ1v) is 7.86. The lowest BCUT2D eigenvalue weighted by atomic mass is 10.1. The van der Waals surface area contributed by atoms with Gasteiger partial charge in [0.25, 0.3) is 0 Å². The molecule has 0 aromatic heterocycles. The summed E-state index contributed by atoms with van der Waals surface area (Å²) in [6.07, 6.45) is 3.76. The molecule has 1 aliphatic carbocycles. The van der Waals surface area contributed by atoms with Crippen LogP contribution < -0.4 is 5.32 Å². The standard InChI is InChI=1S/C16H21ClN2O2/c1-10-7-12(9-19(10)13-4-5-13)18-15-8-11(16(20)21-2)3-6-14(15)17/h3,6,8,10,12-13,18H,4-5,7,9H2,1-2H3. The van der Waals surface area contributed by atoms with Gasteiger partial charge < -0.3 is 10.1 Å². The number of ether oxygens (including phenoxy) is 1. The Bertz CT molecular complexity index is 545. The van der Waals surface area contributed by atoms with Gasteiger partial charge in [0.2, 0.25) is 0 Å². The third-order valence-corrected chi connectivity index (χ3v) is 4.72. The van der Waals surface area contributed by atoms with Gasteiger partial charge in [0, 0.05) is 24.7 Å². The van der Waals surface area contributed by atoms with Crippen molar-refractivity contribution in [3.63, 3.8) is 0 Å². The lowest BCUT2D eigenvalue weighted by Crippen LogP contribution is -2.31. The van der Waals surface area contributed by atoms with Crippen molar-refractivity contribution >= 4 is 23.3 Å². The predicted molar refractivity (Wildman–Crippen MR) is 84.0 cm³/mol. The molecule has 1 aliphatic heterocycles. The Labute approximate surface area is 130 Å². The number of hydrogen-bond donors (Lipinski definition) is 1. The van der Waals surface area contributed by atoms with Crippen molar-refractivity contribution in [2.45, 2.75) is 44.3 Å². The van der Waals surface area contributed by atoms with E-state index in [0.717, 1.165) is 24.7 Å². The molecule has 0 radical (unpaired) electrons. The number of benzene rings is 1. The van der Waals surface area contributed by atoms with Crippen LogP contribution in [0.2, 0.25) is 5.02 Å². The number of methoxy groups -OCH3 is 1. The first-order valence-electron chi connectivity index (χ1n) is 7.48. The van der Waals surface area contributed by atoms with Crippen LogP contribution in [-0.2, 0) is 4.74 Å². The van der Waals surface area contributed by atoms with E-state index in [4.69, 9.17) is 16.3 Å². The van der Waals surface area contributed by atoms with Crippen LogP contribution in [0, 0.1) is 0 Å². The second kappa shape index (κ2) is 5.85. The second-order valence-electron chi connectivity index (χ2n) is 6.04. The van der Waals surface area contributed by atoms with Crippen LogP contribution in [0.3, 0.4) is 0 Å². The zero-order valence-corrected chi connectivity index (χ0v) is 13.2. The minimum absolute atomic E-state index is 0.339. The molecule has 0 spiro atoms. The molecule has 2 unspecified atom stereocenters. The maximum atomic E-state index is 11.6. The number of hydrogen-bond acceptors (Lipinski definition) is 4. The van der Waals surface area contributed by atoms with E-state index < -0.39 is 0 Å². The fourth-order valence-electron chi connectivity index (χ4n) is 3.18. The Morgan fingerprint density at radius 1 is 1.43 bits per heavy atom. The summed E-state index contributed by atoms with van der Waals surface area (Å²) in [5, 5.41) is 4.13. The van der Waals surface area contributed by atoms with Gasteiger partial charge >= 0.3 is 5.97 Å². The van der Waals surface area contributed by atoms with Gasteiger partial charge in [-0.3, -0.25) is 4.90 Å². The molecule has 5 heteroatoms. The summed E-state index contributed by atoms with van der Waals surface area (Å²) in [6.45, 7) is 3.33. The smallest absolute Gasteiger partial charge is 0.337 e. The van der Waals surface area contributed by atoms with Gasteiger partial charge in [-0.25, -0.2) is 4.79 Å². The first-order chi connectivity index (χ1) is 10.1. The van der Waals surface area contributed by atoms with Gasteiger partial charge in [-0.05, 0) is 44.4 Å². The lowest BCUT2D eigenvalue weighted by molar-refractivity contribution is 0.0601. The molecule has 4 nitrogen and oxygen atoms in total. The van der Waals surface area contributed by atoms with Gasteiger partial charge in [-0.2, -0.15) is 0 Å². The molecular weight excluding hydrogens is 288 g/mol. The Balaban J connectivity index is 1.71. The number of anilines is 1. The van der Waals surface area contributed by atoms with E-state index in [0.29, 0.717) is 22.7 Å². The van der Waals surface area contributed by atoms with Crippen molar-refractivity contribution in [2.75, 3.05) is 19.0 Å². The second-order valence-corrected chi connectivity index (χ2v) is 6.45. The summed E-state index contributed by atoms with van der Waals surface area (Å²) < 4.78 is 4.76. The molecule has 1 saturated heterocycles. The lowest BCUT2D eigenvalue weighted by Gasteiger charge is -2.20. The largest absolute Gasteiger partial charge is 0.465 e. The predicted octanol–water partition coefficient (Wildman–Crippen LogP) is 3.16. The Kier molecular flexibility index (Phi) is 4.09. The summed E-state index contributed by atoms with van der Waals surface area (Å²) >= 11 is 6.24. The molecule has 1 heterocycles. The number of rotatable bonds is 4. The molecule has 3 rings (SSSR count). The summed E-state index contributed by atoms with van der Waals surface area (Å²) in [5.74, 6) is -0.339. The van der Waals surface area contributed by atoms with Crippen LogP contribution in [0.4, 0.5) is 5.69 Å². The molecule has 1 N–H and O–H groups in total. The zero-order chi connectivity index (χ0) is 15.0. The molecule has 114 valence electrons. The van der Waals surface area contributed by atoms with E-state index >= 15 is 0 Å². The van der Waals surface area contributed by atoms with Crippen LogP contribution >= 0.6 is 11.6 Å². The van der Waals surface area contributed by atoms with E-state index in [9.17, 15) is 4.79 Å². The third kappa shape index (κ3) is 3.16. The molecule has 0 bridgehead atoms. The van der Waals surface area contributed by atoms with Crippen LogP contribution in [-0.4, -0.2) is 42.6 Å². The minimum atomic E-state index is -0.339. The molecule has 2 atom stereocenters. The van der Waals surface area contributed by atoms with Crippen molar-refractivity contribution in [3.8, 4) is 0 Å². The van der Waals surface area contributed by atoms with E-state index in [1.54, 1.807) is 18.2 Å². The number of esters is 1. The molecule has 1 aromatic carbocycles. The molecule has 1 saturated carbocycles. The Morgan fingerprint density at radius 2 is 2.19 bits per heavy atom. The van der Waals surface area contributed by atoms with Crippen molar-refractivity contribution in [1.29, 1.82) is 0 Å².